The molecular formula is C11H15F3N2OS. The topological polar surface area (TPSA) is 55.1 Å². The maximum Gasteiger partial charge on any atom is 0.416 e. The van der Waals surface area contributed by atoms with E-state index in [1.807, 2.05) is 6.92 Å². The highest BCUT2D eigenvalue weighted by atomic mass is 32.2. The maximum atomic E-state index is 12.4. The van der Waals surface area contributed by atoms with Crippen LogP contribution >= 0.6 is 0 Å². The van der Waals surface area contributed by atoms with Crippen molar-refractivity contribution in [2.24, 2.45) is 0 Å². The Kier molecular flexibility index (Phi) is 5.01. The van der Waals surface area contributed by atoms with Gasteiger partial charge in [0.05, 0.1) is 16.9 Å². The second-order valence-corrected chi connectivity index (χ2v) is 5.52. The molecule has 0 spiro atoms. The molecule has 0 aliphatic carbocycles. The van der Waals surface area contributed by atoms with Crippen molar-refractivity contribution in [3.63, 3.8) is 0 Å². The Labute approximate surface area is 106 Å². The van der Waals surface area contributed by atoms with E-state index in [0.29, 0.717) is 23.7 Å². The summed E-state index contributed by atoms with van der Waals surface area (Å²) in [5, 5.41) is 2.87. The van der Waals surface area contributed by atoms with Gasteiger partial charge >= 0.3 is 6.18 Å². The molecule has 3 N–H and O–H groups in total. The summed E-state index contributed by atoms with van der Waals surface area (Å²) in [7, 11) is -0.909. The number of alkyl halides is 3. The van der Waals surface area contributed by atoms with E-state index >= 15 is 0 Å². The Morgan fingerprint density at radius 2 is 2.06 bits per heavy atom. The first-order chi connectivity index (χ1) is 8.34. The molecule has 0 aliphatic rings. The van der Waals surface area contributed by atoms with Crippen molar-refractivity contribution in [3.05, 3.63) is 23.8 Å². The fourth-order valence-corrected chi connectivity index (χ4v) is 1.96. The number of anilines is 2. The second-order valence-electron chi connectivity index (χ2n) is 3.66. The van der Waals surface area contributed by atoms with Crippen LogP contribution in [-0.2, 0) is 17.0 Å². The van der Waals surface area contributed by atoms with E-state index in [-0.39, 0.29) is 5.69 Å². The molecule has 0 aliphatic heterocycles. The van der Waals surface area contributed by atoms with Crippen LogP contribution in [0.25, 0.3) is 0 Å². The molecule has 0 amide bonds. The summed E-state index contributed by atoms with van der Waals surface area (Å²) in [6, 6.07) is 3.14. The highest BCUT2D eigenvalue weighted by Crippen LogP contribution is 2.32. The molecular weight excluding hydrogens is 265 g/mol. The van der Waals surface area contributed by atoms with Crippen LogP contribution in [0.3, 0.4) is 0 Å². The highest BCUT2D eigenvalue weighted by Gasteiger charge is 2.30. The van der Waals surface area contributed by atoms with E-state index in [2.05, 4.69) is 5.32 Å². The lowest BCUT2D eigenvalue weighted by atomic mass is 10.1. The van der Waals surface area contributed by atoms with E-state index in [1.165, 1.54) is 6.07 Å². The first-order valence-electron chi connectivity index (χ1n) is 5.40. The van der Waals surface area contributed by atoms with Gasteiger partial charge in [0.25, 0.3) is 0 Å². The van der Waals surface area contributed by atoms with E-state index in [0.717, 1.165) is 12.1 Å². The summed E-state index contributed by atoms with van der Waals surface area (Å²) < 4.78 is 48.3. The number of hydrogen-bond acceptors (Lipinski definition) is 3. The molecule has 102 valence electrons. The number of nitrogen functional groups attached to an aromatic ring is 1. The minimum absolute atomic E-state index is 0.0344. The Morgan fingerprint density at radius 3 is 2.56 bits per heavy atom. The molecule has 0 aromatic heterocycles. The Balaban J connectivity index is 2.66. The van der Waals surface area contributed by atoms with Gasteiger partial charge in [-0.1, -0.05) is 6.92 Å². The normalized spacial score (nSPS) is 13.3. The van der Waals surface area contributed by atoms with Gasteiger partial charge < -0.3 is 11.1 Å². The summed E-state index contributed by atoms with van der Waals surface area (Å²) in [6.07, 6.45) is -4.39. The molecule has 1 aromatic carbocycles. The van der Waals surface area contributed by atoms with Crippen LogP contribution < -0.4 is 11.1 Å². The van der Waals surface area contributed by atoms with Crippen LogP contribution in [0.15, 0.2) is 18.2 Å². The van der Waals surface area contributed by atoms with Crippen molar-refractivity contribution in [1.82, 2.24) is 0 Å². The molecule has 0 fully saturated rings. The Hall–Kier alpha value is -1.24. The summed E-state index contributed by atoms with van der Waals surface area (Å²) in [5.74, 6) is 1.00. The zero-order chi connectivity index (χ0) is 13.8. The second kappa shape index (κ2) is 6.08. The van der Waals surface area contributed by atoms with Crippen LogP contribution in [0.1, 0.15) is 12.5 Å². The number of hydrogen-bond donors (Lipinski definition) is 2. The molecule has 3 nitrogen and oxygen atoms in total. The molecule has 0 heterocycles. The van der Waals surface area contributed by atoms with Gasteiger partial charge in [-0.25, -0.2) is 0 Å². The quantitative estimate of drug-likeness (QED) is 0.815. The molecule has 1 rings (SSSR count). The minimum atomic E-state index is -4.39. The van der Waals surface area contributed by atoms with Crippen LogP contribution in [0, 0.1) is 0 Å². The first-order valence-corrected chi connectivity index (χ1v) is 6.89. The Bertz CT molecular complexity index is 435. The molecule has 7 heteroatoms. The molecule has 0 saturated carbocycles. The van der Waals surface area contributed by atoms with Gasteiger partial charge in [0.15, 0.2) is 0 Å². The van der Waals surface area contributed by atoms with Crippen molar-refractivity contribution in [2.45, 2.75) is 13.1 Å². The zero-order valence-electron chi connectivity index (χ0n) is 9.88. The summed E-state index contributed by atoms with van der Waals surface area (Å²) in [5.41, 5.74) is 5.22. The van der Waals surface area contributed by atoms with Crippen LogP contribution in [-0.4, -0.2) is 22.3 Å². The standard InChI is InChI=1S/C11H15F3N2OS/c1-2-18(17)6-5-16-10-4-3-8(7-9(10)15)11(12,13)14/h3-4,7,16H,2,5-6,15H2,1H3. The molecule has 0 radical (unpaired) electrons. The third-order valence-corrected chi connectivity index (χ3v) is 3.65. The van der Waals surface area contributed by atoms with E-state index in [1.54, 1.807) is 0 Å². The van der Waals surface area contributed by atoms with Crippen LogP contribution in [0.2, 0.25) is 0 Å². The van der Waals surface area contributed by atoms with Crippen LogP contribution in [0.5, 0.6) is 0 Å². The average molecular weight is 280 g/mol. The predicted octanol–water partition coefficient (Wildman–Crippen LogP) is 2.47. The number of halogens is 3. The number of rotatable bonds is 5. The molecule has 18 heavy (non-hydrogen) atoms. The van der Waals surface area contributed by atoms with E-state index in [4.69, 9.17) is 5.73 Å². The lowest BCUT2D eigenvalue weighted by Crippen LogP contribution is -2.13. The third-order valence-electron chi connectivity index (χ3n) is 2.35. The molecule has 0 bridgehead atoms. The number of nitrogens with two attached hydrogens (primary N) is 1. The van der Waals surface area contributed by atoms with Gasteiger partial charge in [0, 0.05) is 28.9 Å². The van der Waals surface area contributed by atoms with Crippen LogP contribution in [0.4, 0.5) is 24.5 Å². The summed E-state index contributed by atoms with van der Waals surface area (Å²) >= 11 is 0. The van der Waals surface area contributed by atoms with E-state index < -0.39 is 22.5 Å². The lowest BCUT2D eigenvalue weighted by molar-refractivity contribution is -0.137. The molecule has 1 unspecified atom stereocenters. The molecule has 1 aromatic rings. The van der Waals surface area contributed by atoms with Gasteiger partial charge in [0.2, 0.25) is 0 Å². The Morgan fingerprint density at radius 1 is 1.39 bits per heavy atom. The molecule has 0 saturated heterocycles. The third kappa shape index (κ3) is 4.21. The van der Waals surface area contributed by atoms with Crippen molar-refractivity contribution in [1.29, 1.82) is 0 Å². The van der Waals surface area contributed by atoms with Gasteiger partial charge in [-0.15, -0.1) is 0 Å². The van der Waals surface area contributed by atoms with Crippen molar-refractivity contribution < 1.29 is 17.4 Å². The van der Waals surface area contributed by atoms with Gasteiger partial charge in [-0.05, 0) is 18.2 Å². The number of benzene rings is 1. The van der Waals surface area contributed by atoms with Gasteiger partial charge in [0.1, 0.15) is 0 Å². The monoisotopic (exact) mass is 280 g/mol. The van der Waals surface area contributed by atoms with Gasteiger partial charge in [-0.3, -0.25) is 4.21 Å². The minimum Gasteiger partial charge on any atom is -0.397 e. The van der Waals surface area contributed by atoms with Crippen molar-refractivity contribution >= 4 is 22.2 Å². The fraction of sp³-hybridized carbons (Fsp3) is 0.455. The first kappa shape index (κ1) is 14.8. The SMILES string of the molecule is CCS(=O)CCNc1ccc(C(F)(F)F)cc1N. The largest absolute Gasteiger partial charge is 0.416 e. The smallest absolute Gasteiger partial charge is 0.397 e. The molecule has 1 atom stereocenters. The summed E-state index contributed by atoms with van der Waals surface area (Å²) in [4.78, 5) is 0. The van der Waals surface area contributed by atoms with Crippen molar-refractivity contribution in [3.8, 4) is 0 Å². The maximum absolute atomic E-state index is 12.4. The van der Waals surface area contributed by atoms with E-state index in [9.17, 15) is 17.4 Å². The van der Waals surface area contributed by atoms with Gasteiger partial charge in [-0.2, -0.15) is 13.2 Å². The van der Waals surface area contributed by atoms with Crippen molar-refractivity contribution in [2.75, 3.05) is 29.1 Å². The zero-order valence-corrected chi connectivity index (χ0v) is 10.7. The predicted molar refractivity (Wildman–Crippen MR) is 67.9 cm³/mol. The highest BCUT2D eigenvalue weighted by molar-refractivity contribution is 7.84. The fourth-order valence-electron chi connectivity index (χ4n) is 1.34. The average Bonchev–Trinajstić information content (AvgIpc) is 2.29. The summed E-state index contributed by atoms with van der Waals surface area (Å²) in [6.45, 7) is 2.22. The number of nitrogens with one attached hydrogen (secondary N) is 1. The lowest BCUT2D eigenvalue weighted by Gasteiger charge is -2.12.